The Balaban J connectivity index is 1.60. The molecule has 0 radical (unpaired) electrons. The van der Waals surface area contributed by atoms with Crippen LogP contribution in [0, 0.1) is 0 Å². The van der Waals surface area contributed by atoms with Gasteiger partial charge in [0, 0.05) is 13.1 Å². The van der Waals surface area contributed by atoms with Crippen molar-refractivity contribution in [3.05, 3.63) is 48.5 Å². The highest BCUT2D eigenvalue weighted by Gasteiger charge is 2.24. The minimum Gasteiger partial charge on any atom is -0.453 e. The number of anilines is 2. The molecule has 4 rings (SSSR count). The largest absolute Gasteiger partial charge is 0.453 e. The molecule has 1 saturated heterocycles. The zero-order chi connectivity index (χ0) is 14.8. The van der Waals surface area contributed by atoms with Crippen LogP contribution < -0.4 is 9.64 Å². The predicted octanol–water partition coefficient (Wildman–Crippen LogP) is 4.42. The van der Waals surface area contributed by atoms with Crippen molar-refractivity contribution in [1.82, 2.24) is 4.90 Å². The maximum absolute atomic E-state index is 6.04. The zero-order valence-electron chi connectivity index (χ0n) is 12.9. The number of hydrogen-bond donors (Lipinski definition) is 0. The normalized spacial score (nSPS) is 17.5. The summed E-state index contributed by atoms with van der Waals surface area (Å²) >= 11 is 0. The van der Waals surface area contributed by atoms with Gasteiger partial charge in [-0.15, -0.1) is 0 Å². The van der Waals surface area contributed by atoms with Gasteiger partial charge in [0.1, 0.15) is 0 Å². The van der Waals surface area contributed by atoms with Crippen LogP contribution in [0.4, 0.5) is 11.4 Å². The third-order valence-corrected chi connectivity index (χ3v) is 4.62. The molecule has 0 atom stereocenters. The van der Waals surface area contributed by atoms with Gasteiger partial charge in [0.2, 0.25) is 0 Å². The van der Waals surface area contributed by atoms with Gasteiger partial charge in [0.15, 0.2) is 11.5 Å². The maximum Gasteiger partial charge on any atom is 0.151 e. The molecule has 114 valence electrons. The van der Waals surface area contributed by atoms with Crippen LogP contribution in [0.15, 0.2) is 48.5 Å². The summed E-state index contributed by atoms with van der Waals surface area (Å²) in [6.45, 7) is 4.61. The summed E-state index contributed by atoms with van der Waals surface area (Å²) in [6.07, 6.45) is 4.08. The SMILES string of the molecule is c1ccc2c(c1)Oc1ccccc1N2CCN1CCCCC1. The summed E-state index contributed by atoms with van der Waals surface area (Å²) in [5, 5.41) is 0. The van der Waals surface area contributed by atoms with Crippen LogP contribution in [0.3, 0.4) is 0 Å². The standard InChI is InChI=1S/C19H22N2O/c1-6-12-20(13-7-1)14-15-21-16-8-2-4-10-18(16)22-19-11-5-3-9-17(19)21/h2-5,8-11H,1,6-7,12-15H2. The fraction of sp³-hybridized carbons (Fsp3) is 0.368. The van der Waals surface area contributed by atoms with E-state index in [1.165, 1.54) is 43.7 Å². The summed E-state index contributed by atoms with van der Waals surface area (Å²) in [7, 11) is 0. The molecule has 2 aromatic carbocycles. The van der Waals surface area contributed by atoms with Gasteiger partial charge in [-0.2, -0.15) is 0 Å². The van der Waals surface area contributed by atoms with Gasteiger partial charge in [-0.3, -0.25) is 0 Å². The lowest BCUT2D eigenvalue weighted by Crippen LogP contribution is -2.37. The van der Waals surface area contributed by atoms with E-state index >= 15 is 0 Å². The molecule has 2 aliphatic rings. The number of hydrogen-bond acceptors (Lipinski definition) is 3. The molecule has 2 aromatic rings. The third-order valence-electron chi connectivity index (χ3n) is 4.62. The quantitative estimate of drug-likeness (QED) is 0.833. The lowest BCUT2D eigenvalue weighted by Gasteiger charge is -2.35. The Kier molecular flexibility index (Phi) is 3.73. The van der Waals surface area contributed by atoms with Gasteiger partial charge < -0.3 is 14.5 Å². The van der Waals surface area contributed by atoms with E-state index in [0.717, 1.165) is 24.6 Å². The smallest absolute Gasteiger partial charge is 0.151 e. The average molecular weight is 294 g/mol. The Morgan fingerprint density at radius 3 is 1.95 bits per heavy atom. The second-order valence-corrected chi connectivity index (χ2v) is 6.09. The highest BCUT2D eigenvalue weighted by Crippen LogP contribution is 2.45. The fourth-order valence-corrected chi connectivity index (χ4v) is 3.45. The van der Waals surface area contributed by atoms with E-state index in [1.807, 2.05) is 12.1 Å². The lowest BCUT2D eigenvalue weighted by molar-refractivity contribution is 0.234. The number of ether oxygens (including phenoxy) is 1. The van der Waals surface area contributed by atoms with Crippen LogP contribution >= 0.6 is 0 Å². The number of fused-ring (bicyclic) bond motifs is 2. The number of piperidine rings is 1. The second-order valence-electron chi connectivity index (χ2n) is 6.09. The minimum atomic E-state index is 0.958. The summed E-state index contributed by atoms with van der Waals surface area (Å²) < 4.78 is 6.04. The average Bonchev–Trinajstić information content (AvgIpc) is 2.59. The summed E-state index contributed by atoms with van der Waals surface area (Å²) in [5.74, 6) is 1.92. The van der Waals surface area contributed by atoms with E-state index in [9.17, 15) is 0 Å². The highest BCUT2D eigenvalue weighted by atomic mass is 16.5. The van der Waals surface area contributed by atoms with E-state index in [4.69, 9.17) is 4.74 Å². The summed E-state index contributed by atoms with van der Waals surface area (Å²) in [4.78, 5) is 4.99. The number of para-hydroxylation sites is 4. The lowest BCUT2D eigenvalue weighted by atomic mass is 10.1. The van der Waals surface area contributed by atoms with Gasteiger partial charge in [-0.05, 0) is 50.2 Å². The molecule has 0 bridgehead atoms. The molecule has 0 unspecified atom stereocenters. The molecule has 3 heteroatoms. The molecule has 1 fully saturated rings. The van der Waals surface area contributed by atoms with E-state index < -0.39 is 0 Å². The molecule has 2 heterocycles. The number of benzene rings is 2. The molecular formula is C19H22N2O. The van der Waals surface area contributed by atoms with Gasteiger partial charge in [-0.1, -0.05) is 30.7 Å². The van der Waals surface area contributed by atoms with Crippen LogP contribution in [0.5, 0.6) is 11.5 Å². The van der Waals surface area contributed by atoms with E-state index in [-0.39, 0.29) is 0 Å². The zero-order valence-corrected chi connectivity index (χ0v) is 12.9. The number of rotatable bonds is 3. The third kappa shape index (κ3) is 2.57. The Bertz CT molecular complexity index is 604. The van der Waals surface area contributed by atoms with E-state index in [0.29, 0.717) is 0 Å². The van der Waals surface area contributed by atoms with Crippen LogP contribution in [0.2, 0.25) is 0 Å². The van der Waals surface area contributed by atoms with Gasteiger partial charge in [0.05, 0.1) is 11.4 Å². The van der Waals surface area contributed by atoms with Crippen molar-refractivity contribution in [2.75, 3.05) is 31.1 Å². The van der Waals surface area contributed by atoms with Crippen LogP contribution in [0.1, 0.15) is 19.3 Å². The van der Waals surface area contributed by atoms with Crippen LogP contribution in [-0.4, -0.2) is 31.1 Å². The molecule has 0 aliphatic carbocycles. The van der Waals surface area contributed by atoms with Crippen molar-refractivity contribution < 1.29 is 4.74 Å². The fourth-order valence-electron chi connectivity index (χ4n) is 3.45. The summed E-state index contributed by atoms with van der Waals surface area (Å²) in [6, 6.07) is 16.7. The number of likely N-dealkylation sites (tertiary alicyclic amines) is 1. The molecule has 0 aromatic heterocycles. The molecule has 0 N–H and O–H groups in total. The molecular weight excluding hydrogens is 272 g/mol. The van der Waals surface area contributed by atoms with Gasteiger partial charge >= 0.3 is 0 Å². The highest BCUT2D eigenvalue weighted by molar-refractivity contribution is 5.77. The Hall–Kier alpha value is -2.00. The van der Waals surface area contributed by atoms with Crippen LogP contribution in [-0.2, 0) is 0 Å². The van der Waals surface area contributed by atoms with Crippen LogP contribution in [0.25, 0.3) is 0 Å². The molecule has 0 amide bonds. The molecule has 2 aliphatic heterocycles. The number of nitrogens with zero attached hydrogens (tertiary/aromatic N) is 2. The van der Waals surface area contributed by atoms with Crippen molar-refractivity contribution in [2.45, 2.75) is 19.3 Å². The maximum atomic E-state index is 6.04. The topological polar surface area (TPSA) is 15.7 Å². The molecule has 22 heavy (non-hydrogen) atoms. The summed E-state index contributed by atoms with van der Waals surface area (Å²) in [5.41, 5.74) is 2.36. The van der Waals surface area contributed by atoms with Gasteiger partial charge in [-0.25, -0.2) is 0 Å². The van der Waals surface area contributed by atoms with Crippen molar-refractivity contribution in [2.24, 2.45) is 0 Å². The van der Waals surface area contributed by atoms with E-state index in [1.54, 1.807) is 0 Å². The van der Waals surface area contributed by atoms with Crippen molar-refractivity contribution >= 4 is 11.4 Å². The first-order chi connectivity index (χ1) is 10.9. The second kappa shape index (κ2) is 6.01. The Labute approximate surface area is 132 Å². The first-order valence-corrected chi connectivity index (χ1v) is 8.28. The molecule has 3 nitrogen and oxygen atoms in total. The predicted molar refractivity (Wildman–Crippen MR) is 90.3 cm³/mol. The monoisotopic (exact) mass is 294 g/mol. The van der Waals surface area contributed by atoms with Crippen molar-refractivity contribution in [3.8, 4) is 11.5 Å². The van der Waals surface area contributed by atoms with Crippen molar-refractivity contribution in [3.63, 3.8) is 0 Å². The van der Waals surface area contributed by atoms with Gasteiger partial charge in [0.25, 0.3) is 0 Å². The molecule has 0 saturated carbocycles. The Morgan fingerprint density at radius 2 is 1.32 bits per heavy atom. The first-order valence-electron chi connectivity index (χ1n) is 8.28. The Morgan fingerprint density at radius 1 is 0.727 bits per heavy atom. The molecule has 0 spiro atoms. The minimum absolute atomic E-state index is 0.958. The van der Waals surface area contributed by atoms with Crippen molar-refractivity contribution in [1.29, 1.82) is 0 Å². The van der Waals surface area contributed by atoms with E-state index in [2.05, 4.69) is 46.2 Å². The first kappa shape index (κ1) is 13.6.